The molecule has 3 unspecified atom stereocenters. The van der Waals surface area contributed by atoms with Crippen LogP contribution in [0.15, 0.2) is 0 Å². The number of amides is 3. The number of nitrogens with two attached hydrogens (primary N) is 1. The summed E-state index contributed by atoms with van der Waals surface area (Å²) in [5.41, 5.74) is 5.40. The molecule has 0 aliphatic rings. The van der Waals surface area contributed by atoms with Crippen molar-refractivity contribution in [2.75, 3.05) is 79.5 Å². The van der Waals surface area contributed by atoms with E-state index in [4.69, 9.17) is 29.8 Å². The van der Waals surface area contributed by atoms with Gasteiger partial charge in [0.25, 0.3) is 0 Å². The molecule has 0 aromatic rings. The van der Waals surface area contributed by atoms with Gasteiger partial charge < -0.3 is 61.3 Å². The zero-order valence-corrected chi connectivity index (χ0v) is 49.6. The quantitative estimate of drug-likeness (QED) is 0.0335. The Labute approximate surface area is 486 Å². The highest BCUT2D eigenvalue weighted by molar-refractivity contribution is 5.89. The van der Waals surface area contributed by atoms with Crippen LogP contribution in [0.3, 0.4) is 0 Å². The standard InChI is InChI=1S/C59H103N5O18/c1-45(65)46(40-48(66)22-17-15-13-11-9-7-5-3-4-6-8-10-12-14-16-18-25-57(73)74)26-31-55(71)64-52(59(77)78)29-28-49(67)41-47(58(75)76)27-30-54(70)63-33-35-80-37-38-81-43-50(68)23-21-34-79-36-39-82-44-56(72)62-32-20-19-24-51(61-2)53(69)42-60/h46-47,51-52,61H,3-44,60H2,1-2H3,(H,62,72)(H,63,70)(H,64,71)(H,73,74)(H,75,76)(H,77,78)/t46?,47?,51-,52?/m0/s1. The van der Waals surface area contributed by atoms with Crippen LogP contribution in [-0.2, 0) is 71.7 Å². The van der Waals surface area contributed by atoms with Crippen LogP contribution in [0.1, 0.15) is 206 Å². The van der Waals surface area contributed by atoms with E-state index in [2.05, 4.69) is 21.3 Å². The molecule has 0 aliphatic carbocycles. The Morgan fingerprint density at radius 1 is 0.415 bits per heavy atom. The lowest BCUT2D eigenvalue weighted by molar-refractivity contribution is -0.145. The van der Waals surface area contributed by atoms with Crippen LogP contribution in [0.25, 0.3) is 0 Å². The fourth-order valence-electron chi connectivity index (χ4n) is 8.97. The van der Waals surface area contributed by atoms with Gasteiger partial charge in [0.15, 0.2) is 11.6 Å². The lowest BCUT2D eigenvalue weighted by Gasteiger charge is -2.17. The lowest BCUT2D eigenvalue weighted by Crippen LogP contribution is -2.41. The van der Waals surface area contributed by atoms with Crippen molar-refractivity contribution >= 4 is 64.5 Å². The number of nitrogens with one attached hydrogen (secondary N) is 4. The molecule has 0 aromatic carbocycles. The number of carboxylic acid groups (broad SMARTS) is 3. The number of likely N-dealkylation sites (N-methyl/N-ethyl adjacent to an activating group) is 1. The molecule has 0 aliphatic heterocycles. The van der Waals surface area contributed by atoms with Crippen molar-refractivity contribution in [1.29, 1.82) is 0 Å². The van der Waals surface area contributed by atoms with Crippen LogP contribution in [0.2, 0.25) is 0 Å². The Bertz CT molecular complexity index is 1840. The van der Waals surface area contributed by atoms with E-state index in [-0.39, 0.29) is 152 Å². The van der Waals surface area contributed by atoms with Gasteiger partial charge in [-0.3, -0.25) is 47.9 Å². The second-order valence-corrected chi connectivity index (χ2v) is 21.1. The first-order valence-corrected chi connectivity index (χ1v) is 30.2. The Kier molecular flexibility index (Phi) is 49.5. The lowest BCUT2D eigenvalue weighted by atomic mass is 9.91. The minimum absolute atomic E-state index is 0.00557. The maximum atomic E-state index is 12.8. The van der Waals surface area contributed by atoms with Gasteiger partial charge >= 0.3 is 17.9 Å². The van der Waals surface area contributed by atoms with E-state index < -0.39 is 59.8 Å². The molecule has 3 amide bonds. The summed E-state index contributed by atoms with van der Waals surface area (Å²) in [4.78, 5) is 133. The van der Waals surface area contributed by atoms with Crippen molar-refractivity contribution in [3.8, 4) is 0 Å². The normalized spacial score (nSPS) is 12.7. The van der Waals surface area contributed by atoms with Gasteiger partial charge in [0.1, 0.15) is 36.6 Å². The van der Waals surface area contributed by atoms with E-state index >= 15 is 0 Å². The second kappa shape index (κ2) is 52.7. The van der Waals surface area contributed by atoms with Crippen molar-refractivity contribution < 1.29 is 87.0 Å². The topological polar surface area (TPSA) is 360 Å². The van der Waals surface area contributed by atoms with Gasteiger partial charge in [-0.25, -0.2) is 4.79 Å². The van der Waals surface area contributed by atoms with Crippen LogP contribution < -0.4 is 27.0 Å². The number of rotatable bonds is 61. The number of carbonyl (C=O) groups excluding carboxylic acids is 8. The van der Waals surface area contributed by atoms with Crippen LogP contribution in [0.4, 0.5) is 0 Å². The molecule has 0 saturated carbocycles. The van der Waals surface area contributed by atoms with Gasteiger partial charge in [-0.05, 0) is 71.8 Å². The molecule has 4 atom stereocenters. The number of carboxylic acids is 3. The second-order valence-electron chi connectivity index (χ2n) is 21.1. The summed E-state index contributed by atoms with van der Waals surface area (Å²) in [5, 5.41) is 38.8. The van der Waals surface area contributed by atoms with E-state index in [0.29, 0.717) is 32.4 Å². The first kappa shape index (κ1) is 76.9. The molecule has 23 heteroatoms. The van der Waals surface area contributed by atoms with Crippen molar-refractivity contribution in [2.24, 2.45) is 17.6 Å². The SMILES string of the molecule is CN[C@@H](CCCCNC(=O)COCCOCCCC(=O)COCCOCCNC(=O)CCC(CC(=O)CCC(NC(=O)CCC(CC(=O)CCCCCCCCCCCCCCCCCCC(=O)O)C(C)=O)C(=O)O)C(=O)O)C(=O)CN. The van der Waals surface area contributed by atoms with Crippen molar-refractivity contribution in [3.05, 3.63) is 0 Å². The summed E-state index contributed by atoms with van der Waals surface area (Å²) < 4.78 is 21.5. The third-order valence-electron chi connectivity index (χ3n) is 14.0. The summed E-state index contributed by atoms with van der Waals surface area (Å²) >= 11 is 0. The maximum absolute atomic E-state index is 12.8. The molecule has 82 heavy (non-hydrogen) atoms. The van der Waals surface area contributed by atoms with Gasteiger partial charge in [-0.15, -0.1) is 0 Å². The molecule has 0 bridgehead atoms. The summed E-state index contributed by atoms with van der Waals surface area (Å²) in [7, 11) is 1.71. The molecule has 472 valence electrons. The molecule has 0 radical (unpaired) electrons. The van der Waals surface area contributed by atoms with Crippen molar-refractivity contribution in [2.45, 2.75) is 218 Å². The molecule has 0 heterocycles. The highest BCUT2D eigenvalue weighted by Crippen LogP contribution is 2.19. The van der Waals surface area contributed by atoms with E-state index in [1.54, 1.807) is 7.05 Å². The van der Waals surface area contributed by atoms with Crippen LogP contribution >= 0.6 is 0 Å². The van der Waals surface area contributed by atoms with Gasteiger partial charge in [-0.1, -0.05) is 89.9 Å². The van der Waals surface area contributed by atoms with Crippen LogP contribution in [0.5, 0.6) is 0 Å². The average Bonchev–Trinajstić information content (AvgIpc) is 3.44. The highest BCUT2D eigenvalue weighted by Gasteiger charge is 2.27. The smallest absolute Gasteiger partial charge is 0.326 e. The number of ketones is 5. The van der Waals surface area contributed by atoms with Gasteiger partial charge in [-0.2, -0.15) is 0 Å². The first-order valence-electron chi connectivity index (χ1n) is 30.2. The summed E-state index contributed by atoms with van der Waals surface area (Å²) in [6.07, 6.45) is 19.5. The minimum Gasteiger partial charge on any atom is -0.481 e. The zero-order chi connectivity index (χ0) is 61.0. The average molecular weight is 1170 g/mol. The summed E-state index contributed by atoms with van der Waals surface area (Å²) in [6, 6.07) is -1.72. The van der Waals surface area contributed by atoms with Crippen molar-refractivity contribution in [3.63, 3.8) is 0 Å². The number of Topliss-reactive ketones (excluding diaryl/α,β-unsaturated/α-hetero) is 5. The predicted octanol–water partition coefficient (Wildman–Crippen LogP) is 5.76. The van der Waals surface area contributed by atoms with Gasteiger partial charge in [0.2, 0.25) is 17.7 Å². The number of carbonyl (C=O) groups is 11. The summed E-state index contributed by atoms with van der Waals surface area (Å²) in [5.74, 6) is -7.66. The molecule has 23 nitrogen and oxygen atoms in total. The number of hydrogen-bond acceptors (Lipinski definition) is 17. The predicted molar refractivity (Wildman–Crippen MR) is 307 cm³/mol. The number of ether oxygens (including phenoxy) is 4. The molecule has 0 spiro atoms. The van der Waals surface area contributed by atoms with E-state index in [0.717, 1.165) is 64.2 Å². The Balaban J connectivity index is 4.13. The largest absolute Gasteiger partial charge is 0.481 e. The fourth-order valence-corrected chi connectivity index (χ4v) is 8.97. The highest BCUT2D eigenvalue weighted by atomic mass is 16.5. The van der Waals surface area contributed by atoms with Crippen molar-refractivity contribution in [1.82, 2.24) is 21.3 Å². The number of unbranched alkanes of at least 4 members (excludes halogenated alkanes) is 16. The molecule has 0 fully saturated rings. The van der Waals surface area contributed by atoms with Gasteiger partial charge in [0, 0.05) is 77.0 Å². The molecule has 0 rings (SSSR count). The Morgan fingerprint density at radius 2 is 0.902 bits per heavy atom. The zero-order valence-electron chi connectivity index (χ0n) is 49.6. The molecule has 0 saturated heterocycles. The van der Waals surface area contributed by atoms with Gasteiger partial charge in [0.05, 0.1) is 51.5 Å². The van der Waals surface area contributed by atoms with E-state index in [9.17, 15) is 63.0 Å². The van der Waals surface area contributed by atoms with Crippen LogP contribution in [-0.4, -0.2) is 171 Å². The maximum Gasteiger partial charge on any atom is 0.326 e. The monoisotopic (exact) mass is 1170 g/mol. The third kappa shape index (κ3) is 47.4. The third-order valence-corrected chi connectivity index (χ3v) is 14.0. The molecule has 0 aromatic heterocycles. The Morgan fingerprint density at radius 3 is 1.45 bits per heavy atom. The van der Waals surface area contributed by atoms with Crippen LogP contribution in [0, 0.1) is 11.8 Å². The first-order chi connectivity index (χ1) is 39.4. The van der Waals surface area contributed by atoms with E-state index in [1.165, 1.54) is 58.3 Å². The molecule has 9 N–H and O–H groups in total. The molecular formula is C59H103N5O18. The molecular weight excluding hydrogens is 1070 g/mol. The van der Waals surface area contributed by atoms with E-state index in [1.807, 2.05) is 0 Å². The number of hydrogen-bond donors (Lipinski definition) is 8. The fraction of sp³-hybridized carbons (Fsp3) is 0.814. The number of aliphatic carboxylic acids is 3. The Hall–Kier alpha value is -5.07. The minimum atomic E-state index is -1.44. The summed E-state index contributed by atoms with van der Waals surface area (Å²) in [6.45, 7) is 2.96.